The Balaban J connectivity index is 1.49. The van der Waals surface area contributed by atoms with E-state index < -0.39 is 0 Å². The van der Waals surface area contributed by atoms with E-state index in [9.17, 15) is 9.59 Å². The molecule has 29 heavy (non-hydrogen) atoms. The molecule has 1 aromatic carbocycles. The van der Waals surface area contributed by atoms with Crippen molar-refractivity contribution in [2.24, 2.45) is 7.05 Å². The van der Waals surface area contributed by atoms with Crippen molar-refractivity contribution in [1.82, 2.24) is 24.3 Å². The number of methoxy groups -OCH3 is 1. The zero-order valence-corrected chi connectivity index (χ0v) is 17.8. The molecule has 0 spiro atoms. The number of anilines is 1. The van der Waals surface area contributed by atoms with Crippen LogP contribution in [-0.2, 0) is 18.4 Å². The Kier molecular flexibility index (Phi) is 5.16. The highest BCUT2D eigenvalue weighted by molar-refractivity contribution is 9.10. The Morgan fingerprint density at radius 2 is 2.21 bits per heavy atom. The predicted molar refractivity (Wildman–Crippen MR) is 113 cm³/mol. The first-order valence-electron chi connectivity index (χ1n) is 8.42. The van der Waals surface area contributed by atoms with Gasteiger partial charge in [-0.3, -0.25) is 18.8 Å². The van der Waals surface area contributed by atoms with E-state index >= 15 is 0 Å². The van der Waals surface area contributed by atoms with E-state index in [4.69, 9.17) is 4.74 Å². The quantitative estimate of drug-likeness (QED) is 0.476. The third kappa shape index (κ3) is 3.78. The molecule has 0 saturated carbocycles. The number of nitrogens with one attached hydrogen (secondary N) is 1. The van der Waals surface area contributed by atoms with Crippen LogP contribution >= 0.6 is 27.3 Å². The van der Waals surface area contributed by atoms with Gasteiger partial charge in [-0.2, -0.15) is 5.10 Å². The molecule has 0 atom stereocenters. The molecule has 4 aromatic rings. The van der Waals surface area contributed by atoms with E-state index in [-0.39, 0.29) is 18.0 Å². The Morgan fingerprint density at radius 1 is 1.38 bits per heavy atom. The van der Waals surface area contributed by atoms with E-state index in [1.54, 1.807) is 14.2 Å². The molecule has 3 aromatic heterocycles. The fraction of sp³-hybridized carbons (Fsp3) is 0.167. The van der Waals surface area contributed by atoms with Gasteiger partial charge < -0.3 is 10.1 Å². The second-order valence-corrected chi connectivity index (χ2v) is 7.83. The van der Waals surface area contributed by atoms with Gasteiger partial charge in [0, 0.05) is 18.0 Å². The van der Waals surface area contributed by atoms with Crippen molar-refractivity contribution in [3.63, 3.8) is 0 Å². The van der Waals surface area contributed by atoms with Gasteiger partial charge in [0.25, 0.3) is 5.56 Å². The number of thiazole rings is 1. The number of hydrogen-bond donors (Lipinski definition) is 1. The summed E-state index contributed by atoms with van der Waals surface area (Å²) >= 11 is 4.75. The van der Waals surface area contributed by atoms with Crippen LogP contribution in [0.5, 0.6) is 5.75 Å². The van der Waals surface area contributed by atoms with E-state index in [0.29, 0.717) is 16.2 Å². The molecule has 4 rings (SSSR count). The second kappa shape index (κ2) is 7.76. The van der Waals surface area contributed by atoms with Crippen molar-refractivity contribution in [3.8, 4) is 17.0 Å². The summed E-state index contributed by atoms with van der Waals surface area (Å²) in [6.07, 6.45) is 2.78. The molecule has 148 valence electrons. The first-order chi connectivity index (χ1) is 14.0. The SMILES string of the molecule is COc1ccc(-c2csc(NC(=O)Cn3cnc4c(cnn4C)c3=O)n2)cc1Br. The normalized spacial score (nSPS) is 11.0. The van der Waals surface area contributed by atoms with Gasteiger partial charge in [-0.05, 0) is 34.1 Å². The summed E-state index contributed by atoms with van der Waals surface area (Å²) in [5.74, 6) is 0.357. The van der Waals surface area contributed by atoms with E-state index in [1.165, 1.54) is 33.1 Å². The summed E-state index contributed by atoms with van der Waals surface area (Å²) in [7, 11) is 3.30. The van der Waals surface area contributed by atoms with Crippen LogP contribution in [0.3, 0.4) is 0 Å². The van der Waals surface area contributed by atoms with Crippen molar-refractivity contribution in [3.05, 3.63) is 50.9 Å². The fourth-order valence-electron chi connectivity index (χ4n) is 2.78. The lowest BCUT2D eigenvalue weighted by Gasteiger charge is -2.05. The van der Waals surface area contributed by atoms with Gasteiger partial charge in [-0.1, -0.05) is 0 Å². The lowest BCUT2D eigenvalue weighted by Crippen LogP contribution is -2.27. The van der Waals surface area contributed by atoms with E-state index in [0.717, 1.165) is 21.5 Å². The molecule has 0 bridgehead atoms. The fourth-order valence-corrected chi connectivity index (χ4v) is 4.06. The maximum absolute atomic E-state index is 12.5. The van der Waals surface area contributed by atoms with Crippen LogP contribution in [0.1, 0.15) is 0 Å². The smallest absolute Gasteiger partial charge is 0.264 e. The Bertz CT molecular complexity index is 1280. The standard InChI is InChI=1S/C18H15BrN6O3S/c1-24-16-11(6-21-24)17(27)25(9-20-16)7-15(26)23-18-22-13(8-29-18)10-3-4-14(28-2)12(19)5-10/h3-6,8-9H,7H2,1-2H3,(H,22,23,26). The summed E-state index contributed by atoms with van der Waals surface area (Å²) < 4.78 is 8.80. The van der Waals surface area contributed by atoms with Gasteiger partial charge in [0.1, 0.15) is 24.0 Å². The lowest BCUT2D eigenvalue weighted by molar-refractivity contribution is -0.116. The minimum atomic E-state index is -0.367. The molecular weight excluding hydrogens is 460 g/mol. The van der Waals surface area contributed by atoms with Crippen molar-refractivity contribution >= 4 is 49.3 Å². The van der Waals surface area contributed by atoms with Crippen LogP contribution < -0.4 is 15.6 Å². The van der Waals surface area contributed by atoms with Crippen LogP contribution in [0.2, 0.25) is 0 Å². The highest BCUT2D eigenvalue weighted by Crippen LogP contribution is 2.32. The summed E-state index contributed by atoms with van der Waals surface area (Å²) in [5.41, 5.74) is 1.77. The maximum atomic E-state index is 12.5. The van der Waals surface area contributed by atoms with Crippen LogP contribution in [0.4, 0.5) is 5.13 Å². The summed E-state index contributed by atoms with van der Waals surface area (Å²) in [6.45, 7) is -0.167. The van der Waals surface area contributed by atoms with Crippen molar-refractivity contribution in [1.29, 1.82) is 0 Å². The lowest BCUT2D eigenvalue weighted by atomic mass is 10.2. The summed E-state index contributed by atoms with van der Waals surface area (Å²) in [5, 5.41) is 9.39. The summed E-state index contributed by atoms with van der Waals surface area (Å²) in [4.78, 5) is 33.5. The van der Waals surface area contributed by atoms with Crippen molar-refractivity contribution < 1.29 is 9.53 Å². The number of aromatic nitrogens is 5. The number of benzene rings is 1. The number of nitrogens with zero attached hydrogens (tertiary/aromatic N) is 5. The largest absolute Gasteiger partial charge is 0.496 e. The zero-order valence-electron chi connectivity index (χ0n) is 15.4. The van der Waals surface area contributed by atoms with Crippen LogP contribution in [0.15, 0.2) is 45.4 Å². The number of hydrogen-bond acceptors (Lipinski definition) is 7. The Labute approximate surface area is 177 Å². The third-order valence-electron chi connectivity index (χ3n) is 4.23. The second-order valence-electron chi connectivity index (χ2n) is 6.12. The van der Waals surface area contributed by atoms with Gasteiger partial charge in [0.05, 0.1) is 23.5 Å². The molecule has 1 amide bonds. The molecule has 0 aliphatic heterocycles. The van der Waals surface area contributed by atoms with Gasteiger partial charge >= 0.3 is 0 Å². The average molecular weight is 475 g/mol. The molecule has 0 aliphatic carbocycles. The van der Waals surface area contributed by atoms with Crippen LogP contribution in [0.25, 0.3) is 22.3 Å². The molecule has 9 nitrogen and oxygen atoms in total. The van der Waals surface area contributed by atoms with Gasteiger partial charge in [-0.25, -0.2) is 9.97 Å². The number of rotatable bonds is 5. The number of fused-ring (bicyclic) bond motifs is 1. The van der Waals surface area contributed by atoms with E-state index in [1.807, 2.05) is 23.6 Å². The van der Waals surface area contributed by atoms with E-state index in [2.05, 4.69) is 36.3 Å². The van der Waals surface area contributed by atoms with Crippen LogP contribution in [-0.4, -0.2) is 37.3 Å². The molecular formula is C18H15BrN6O3S. The molecule has 1 N–H and O–H groups in total. The molecule has 0 fully saturated rings. The Morgan fingerprint density at radius 3 is 2.97 bits per heavy atom. The third-order valence-corrected chi connectivity index (χ3v) is 5.61. The topological polar surface area (TPSA) is 104 Å². The Hall–Kier alpha value is -3.05. The van der Waals surface area contributed by atoms with Gasteiger partial charge in [0.2, 0.25) is 5.91 Å². The molecule has 0 unspecified atom stereocenters. The molecule has 11 heteroatoms. The highest BCUT2D eigenvalue weighted by atomic mass is 79.9. The van der Waals surface area contributed by atoms with Crippen molar-refractivity contribution in [2.45, 2.75) is 6.54 Å². The first-order valence-corrected chi connectivity index (χ1v) is 10.1. The number of carbonyl (C=O) groups excluding carboxylic acids is 1. The average Bonchev–Trinajstić information content (AvgIpc) is 3.31. The number of carbonyl (C=O) groups is 1. The number of halogens is 1. The van der Waals surface area contributed by atoms with Gasteiger partial charge in [-0.15, -0.1) is 11.3 Å². The molecule has 3 heterocycles. The number of ether oxygens (including phenoxy) is 1. The zero-order chi connectivity index (χ0) is 20.5. The minimum Gasteiger partial charge on any atom is -0.496 e. The molecule has 0 radical (unpaired) electrons. The summed E-state index contributed by atoms with van der Waals surface area (Å²) in [6, 6.07) is 5.62. The van der Waals surface area contributed by atoms with Gasteiger partial charge in [0.15, 0.2) is 10.8 Å². The highest BCUT2D eigenvalue weighted by Gasteiger charge is 2.13. The molecule has 0 saturated heterocycles. The number of amides is 1. The monoisotopic (exact) mass is 474 g/mol. The predicted octanol–water partition coefficient (Wildman–Crippen LogP) is 2.66. The number of aryl methyl sites for hydroxylation is 1. The minimum absolute atomic E-state index is 0.167. The van der Waals surface area contributed by atoms with Crippen molar-refractivity contribution in [2.75, 3.05) is 12.4 Å². The molecule has 0 aliphatic rings. The maximum Gasteiger partial charge on any atom is 0.264 e. The van der Waals surface area contributed by atoms with Crippen LogP contribution in [0, 0.1) is 0 Å². The first kappa shape index (κ1) is 19.3.